The zero-order chi connectivity index (χ0) is 28.9. The summed E-state index contributed by atoms with van der Waals surface area (Å²) in [5.74, 6) is 0.134. The topological polar surface area (TPSA) is 62.6 Å². The minimum atomic E-state index is -4.58. The number of anilines is 2. The van der Waals surface area contributed by atoms with Gasteiger partial charge in [0.1, 0.15) is 0 Å². The summed E-state index contributed by atoms with van der Waals surface area (Å²) < 4.78 is 39.8. The first-order valence-corrected chi connectivity index (χ1v) is 14.2. The van der Waals surface area contributed by atoms with Crippen LogP contribution in [0.3, 0.4) is 0 Å². The van der Waals surface area contributed by atoms with Crippen molar-refractivity contribution in [3.8, 4) is 6.07 Å². The molecule has 2 aliphatic rings. The number of nitrogens with one attached hydrogen (secondary N) is 1. The van der Waals surface area contributed by atoms with Crippen molar-refractivity contribution in [1.29, 1.82) is 5.26 Å². The lowest BCUT2D eigenvalue weighted by molar-refractivity contribution is -0.137. The Kier molecular flexibility index (Phi) is 10.7. The van der Waals surface area contributed by atoms with Crippen molar-refractivity contribution in [1.82, 2.24) is 9.80 Å². The summed E-state index contributed by atoms with van der Waals surface area (Å²) in [6.07, 6.45) is -1.72. The molecule has 0 atom stereocenters. The van der Waals surface area contributed by atoms with Gasteiger partial charge in [0.05, 0.1) is 17.2 Å². The number of piperidine rings is 1. The number of carbonyl (C=O) groups excluding carboxylic acids is 1. The monoisotopic (exact) mass is 571 g/mol. The third-order valence-electron chi connectivity index (χ3n) is 7.99. The second-order valence-electron chi connectivity index (χ2n) is 11.9. The second-order valence-corrected chi connectivity index (χ2v) is 11.9. The van der Waals surface area contributed by atoms with Crippen LogP contribution in [0.1, 0.15) is 70.6 Å². The molecule has 0 aliphatic carbocycles. The van der Waals surface area contributed by atoms with Gasteiger partial charge in [-0.25, -0.2) is 0 Å². The number of benzene rings is 2. The summed E-state index contributed by atoms with van der Waals surface area (Å²) in [6.45, 7) is 12.4. The van der Waals surface area contributed by atoms with Gasteiger partial charge >= 0.3 is 6.18 Å². The second kappa shape index (κ2) is 13.6. The summed E-state index contributed by atoms with van der Waals surface area (Å²) in [7, 11) is 0. The molecule has 2 aliphatic heterocycles. The molecule has 224 valence electrons. The summed E-state index contributed by atoms with van der Waals surface area (Å²) in [6, 6.07) is 14.2. The fourth-order valence-corrected chi connectivity index (χ4v) is 5.51. The normalized spacial score (nSPS) is 17.4. The maximum Gasteiger partial charge on any atom is 0.417 e. The molecule has 6 nitrogen and oxygen atoms in total. The predicted molar refractivity (Wildman–Crippen MR) is 159 cm³/mol. The molecular formula is C32H44F3N5O. The van der Waals surface area contributed by atoms with E-state index in [-0.39, 0.29) is 30.4 Å². The zero-order valence-electron chi connectivity index (χ0n) is 23.7. The van der Waals surface area contributed by atoms with Crippen LogP contribution >= 0.6 is 0 Å². The average Bonchev–Trinajstić information content (AvgIpc) is 3.17. The van der Waals surface area contributed by atoms with E-state index in [1.54, 1.807) is 6.07 Å². The van der Waals surface area contributed by atoms with Crippen molar-refractivity contribution in [3.05, 3.63) is 59.2 Å². The molecule has 1 N–H and O–H groups in total. The molecule has 0 aromatic heterocycles. The summed E-state index contributed by atoms with van der Waals surface area (Å²) in [5.41, 5.74) is 1.75. The number of nitrogens with zero attached hydrogens (tertiary/aromatic N) is 4. The molecule has 0 radical (unpaired) electrons. The lowest BCUT2D eigenvalue weighted by Crippen LogP contribution is -2.43. The van der Waals surface area contributed by atoms with Gasteiger partial charge in [0.25, 0.3) is 0 Å². The number of likely N-dealkylation sites (tertiary alicyclic amines) is 1. The molecule has 0 unspecified atom stereocenters. The molecule has 0 saturated carbocycles. The van der Waals surface area contributed by atoms with E-state index in [1.807, 2.05) is 4.90 Å². The average molecular weight is 572 g/mol. The highest BCUT2D eigenvalue weighted by Gasteiger charge is 2.34. The Bertz CT molecular complexity index is 1190. The molecule has 1 amide bonds. The largest absolute Gasteiger partial charge is 0.417 e. The Morgan fingerprint density at radius 2 is 1.66 bits per heavy atom. The Morgan fingerprint density at radius 1 is 0.976 bits per heavy atom. The highest BCUT2D eigenvalue weighted by atomic mass is 19.4. The number of rotatable bonds is 6. The lowest BCUT2D eigenvalue weighted by Gasteiger charge is -2.33. The summed E-state index contributed by atoms with van der Waals surface area (Å²) >= 11 is 0. The molecule has 2 saturated heterocycles. The predicted octanol–water partition coefficient (Wildman–Crippen LogP) is 6.52. The van der Waals surface area contributed by atoms with Crippen LogP contribution < -0.4 is 10.2 Å². The Hall–Kier alpha value is -3.25. The van der Waals surface area contributed by atoms with Crippen molar-refractivity contribution < 1.29 is 18.0 Å². The SMILES string of the molecule is C.CC(C)(C)c1ccc(N2CCCN(CCC(=O)N3CCC(Nc4ccc(C#N)c(C(F)(F)F)c4)CC3)CC2)cc1. The number of alkyl halides is 3. The fraction of sp³-hybridized carbons (Fsp3) is 0.562. The molecule has 9 heteroatoms. The van der Waals surface area contributed by atoms with E-state index in [0.717, 1.165) is 45.2 Å². The van der Waals surface area contributed by atoms with Crippen LogP contribution in [0.4, 0.5) is 24.5 Å². The van der Waals surface area contributed by atoms with Crippen molar-refractivity contribution >= 4 is 17.3 Å². The van der Waals surface area contributed by atoms with Gasteiger partial charge in [0.2, 0.25) is 5.91 Å². The molecule has 2 heterocycles. The van der Waals surface area contributed by atoms with E-state index in [9.17, 15) is 18.0 Å². The van der Waals surface area contributed by atoms with Gasteiger partial charge in [-0.1, -0.05) is 40.3 Å². The van der Waals surface area contributed by atoms with E-state index in [2.05, 4.69) is 60.2 Å². The van der Waals surface area contributed by atoms with Crippen LogP contribution in [-0.2, 0) is 16.4 Å². The Labute approximate surface area is 243 Å². The van der Waals surface area contributed by atoms with E-state index in [1.165, 1.54) is 23.4 Å². The number of amides is 1. The van der Waals surface area contributed by atoms with Crippen molar-refractivity contribution in [2.24, 2.45) is 0 Å². The zero-order valence-corrected chi connectivity index (χ0v) is 23.7. The Morgan fingerprint density at radius 3 is 2.27 bits per heavy atom. The molecule has 4 rings (SSSR count). The van der Waals surface area contributed by atoms with Gasteiger partial charge in [0.15, 0.2) is 0 Å². The quantitative estimate of drug-likeness (QED) is 0.428. The van der Waals surface area contributed by atoms with E-state index >= 15 is 0 Å². The van der Waals surface area contributed by atoms with E-state index < -0.39 is 11.7 Å². The third-order valence-corrected chi connectivity index (χ3v) is 7.99. The summed E-state index contributed by atoms with van der Waals surface area (Å²) in [4.78, 5) is 19.6. The third kappa shape index (κ3) is 8.62. The van der Waals surface area contributed by atoms with Crippen LogP contribution in [-0.4, -0.2) is 67.6 Å². The van der Waals surface area contributed by atoms with Crippen molar-refractivity contribution in [3.63, 3.8) is 0 Å². The molecule has 41 heavy (non-hydrogen) atoms. The van der Waals surface area contributed by atoms with Gasteiger partial charge in [-0.15, -0.1) is 0 Å². The van der Waals surface area contributed by atoms with Crippen molar-refractivity contribution in [2.75, 3.05) is 56.0 Å². The first-order valence-electron chi connectivity index (χ1n) is 14.2. The highest BCUT2D eigenvalue weighted by Crippen LogP contribution is 2.34. The van der Waals surface area contributed by atoms with Crippen LogP contribution in [0.15, 0.2) is 42.5 Å². The standard InChI is InChI=1S/C31H40F3N5O.CH4/c1-30(2,3)24-6-9-27(10-7-24)38-15-4-14-37(19-20-38)16-13-29(40)39-17-11-25(12-18-39)36-26-8-5-23(22-35)28(21-26)31(32,33)34;/h5-10,21,25,36H,4,11-20H2,1-3H3;1H4. The molecule has 0 spiro atoms. The minimum absolute atomic E-state index is 0. The van der Waals surface area contributed by atoms with Crippen LogP contribution in [0, 0.1) is 11.3 Å². The van der Waals surface area contributed by atoms with Crippen molar-refractivity contribution in [2.45, 2.75) is 71.5 Å². The van der Waals surface area contributed by atoms with E-state index in [0.29, 0.717) is 38.0 Å². The number of carbonyl (C=O) groups is 1. The highest BCUT2D eigenvalue weighted by molar-refractivity contribution is 5.76. The molecule has 2 aromatic carbocycles. The van der Waals surface area contributed by atoms with Gasteiger partial charge in [-0.05, 0) is 67.1 Å². The smallest absolute Gasteiger partial charge is 0.382 e. The van der Waals surface area contributed by atoms with Gasteiger partial charge in [-0.3, -0.25) is 4.79 Å². The van der Waals surface area contributed by atoms with Crippen LogP contribution in [0.5, 0.6) is 0 Å². The number of nitriles is 1. The van der Waals surface area contributed by atoms with Gasteiger partial charge in [0, 0.05) is 63.1 Å². The number of hydrogen-bond donors (Lipinski definition) is 1. The maximum atomic E-state index is 13.3. The molecule has 0 bridgehead atoms. The van der Waals surface area contributed by atoms with Crippen LogP contribution in [0.2, 0.25) is 0 Å². The summed E-state index contributed by atoms with van der Waals surface area (Å²) in [5, 5.41) is 12.2. The van der Waals surface area contributed by atoms with Crippen LogP contribution in [0.25, 0.3) is 0 Å². The van der Waals surface area contributed by atoms with Gasteiger partial charge < -0.3 is 20.0 Å². The first kappa shape index (κ1) is 32.3. The fourth-order valence-electron chi connectivity index (χ4n) is 5.51. The number of halogens is 3. The minimum Gasteiger partial charge on any atom is -0.382 e. The molecule has 2 fully saturated rings. The van der Waals surface area contributed by atoms with E-state index in [4.69, 9.17) is 5.26 Å². The molecule has 2 aromatic rings. The lowest BCUT2D eigenvalue weighted by atomic mass is 9.87. The van der Waals surface area contributed by atoms with Gasteiger partial charge in [-0.2, -0.15) is 18.4 Å². The maximum absolute atomic E-state index is 13.3. The number of hydrogen-bond acceptors (Lipinski definition) is 5. The molecular weight excluding hydrogens is 527 g/mol. The first-order chi connectivity index (χ1) is 18.9. The Balaban J connectivity index is 0.00000462.